The standard InChI is InChI=1S/C15H19NO4/c1-10(13-7-4-8-20-13)16-14(17)11-5-3-6-12(9-11)15(18)19-2/h3,5-6,9-10,13H,4,7-8H2,1-2H3,(H,16,17)/t10-,13-/m1/s1. The first-order chi connectivity index (χ1) is 9.61. The number of benzene rings is 1. The Bertz CT molecular complexity index is 494. The zero-order valence-corrected chi connectivity index (χ0v) is 11.7. The molecule has 0 aromatic heterocycles. The smallest absolute Gasteiger partial charge is 0.337 e. The van der Waals surface area contributed by atoms with Gasteiger partial charge in [0.1, 0.15) is 0 Å². The molecular weight excluding hydrogens is 258 g/mol. The lowest BCUT2D eigenvalue weighted by Crippen LogP contribution is -2.40. The first-order valence-electron chi connectivity index (χ1n) is 6.72. The maximum atomic E-state index is 12.2. The molecule has 0 unspecified atom stereocenters. The van der Waals surface area contributed by atoms with Gasteiger partial charge in [-0.2, -0.15) is 0 Å². The Kier molecular flexibility index (Phi) is 4.74. The Labute approximate surface area is 118 Å². The van der Waals surface area contributed by atoms with E-state index in [-0.39, 0.29) is 18.1 Å². The molecule has 1 aromatic rings. The third kappa shape index (κ3) is 3.36. The number of rotatable bonds is 4. The number of hydrogen-bond acceptors (Lipinski definition) is 4. The molecule has 1 saturated heterocycles. The van der Waals surface area contributed by atoms with Gasteiger partial charge in [0, 0.05) is 12.2 Å². The van der Waals surface area contributed by atoms with Crippen LogP contribution in [0.25, 0.3) is 0 Å². The first kappa shape index (κ1) is 14.5. The van der Waals surface area contributed by atoms with Gasteiger partial charge in [0.15, 0.2) is 0 Å². The number of methoxy groups -OCH3 is 1. The van der Waals surface area contributed by atoms with E-state index in [0.29, 0.717) is 11.1 Å². The van der Waals surface area contributed by atoms with Gasteiger partial charge in [-0.05, 0) is 38.0 Å². The predicted octanol–water partition coefficient (Wildman–Crippen LogP) is 1.77. The van der Waals surface area contributed by atoms with Gasteiger partial charge >= 0.3 is 5.97 Å². The van der Waals surface area contributed by atoms with Gasteiger partial charge in [0.2, 0.25) is 0 Å². The molecule has 108 valence electrons. The summed E-state index contributed by atoms with van der Waals surface area (Å²) in [6, 6.07) is 6.43. The van der Waals surface area contributed by atoms with Gasteiger partial charge in [0.05, 0.1) is 24.8 Å². The molecule has 1 amide bonds. The second-order valence-electron chi connectivity index (χ2n) is 4.89. The molecule has 0 aliphatic carbocycles. The lowest BCUT2D eigenvalue weighted by atomic mass is 10.1. The van der Waals surface area contributed by atoms with E-state index in [1.54, 1.807) is 18.2 Å². The Balaban J connectivity index is 2.03. The molecule has 0 radical (unpaired) electrons. The van der Waals surface area contributed by atoms with E-state index >= 15 is 0 Å². The Morgan fingerprint density at radius 1 is 1.40 bits per heavy atom. The summed E-state index contributed by atoms with van der Waals surface area (Å²) in [5.41, 5.74) is 0.808. The lowest BCUT2D eigenvalue weighted by Gasteiger charge is -2.20. The molecule has 1 aliphatic heterocycles. The molecule has 5 nitrogen and oxygen atoms in total. The van der Waals surface area contributed by atoms with Crippen LogP contribution >= 0.6 is 0 Å². The Morgan fingerprint density at radius 3 is 2.80 bits per heavy atom. The molecule has 5 heteroatoms. The molecule has 2 rings (SSSR count). The highest BCUT2D eigenvalue weighted by Crippen LogP contribution is 2.16. The first-order valence-corrected chi connectivity index (χ1v) is 6.72. The second-order valence-corrected chi connectivity index (χ2v) is 4.89. The van der Waals surface area contributed by atoms with Crippen LogP contribution in [0.2, 0.25) is 0 Å². The Morgan fingerprint density at radius 2 is 2.15 bits per heavy atom. The van der Waals surface area contributed by atoms with Crippen LogP contribution < -0.4 is 5.32 Å². The predicted molar refractivity (Wildman–Crippen MR) is 73.7 cm³/mol. The fourth-order valence-corrected chi connectivity index (χ4v) is 2.29. The average Bonchev–Trinajstić information content (AvgIpc) is 3.00. The van der Waals surface area contributed by atoms with Crippen LogP contribution in [-0.2, 0) is 9.47 Å². The fraction of sp³-hybridized carbons (Fsp3) is 0.467. The third-order valence-electron chi connectivity index (χ3n) is 3.43. The summed E-state index contributed by atoms with van der Waals surface area (Å²) in [4.78, 5) is 23.6. The number of carbonyl (C=O) groups is 2. The van der Waals surface area contributed by atoms with Crippen molar-refractivity contribution in [2.24, 2.45) is 0 Å². The normalized spacial score (nSPS) is 19.4. The summed E-state index contributed by atoms with van der Waals surface area (Å²) >= 11 is 0. The van der Waals surface area contributed by atoms with E-state index < -0.39 is 5.97 Å². The summed E-state index contributed by atoms with van der Waals surface area (Å²) in [6.07, 6.45) is 2.06. The number of amides is 1. The van der Waals surface area contributed by atoms with Crippen molar-refractivity contribution in [3.05, 3.63) is 35.4 Å². The number of nitrogens with one attached hydrogen (secondary N) is 1. The van der Waals surface area contributed by atoms with Crippen molar-refractivity contribution in [2.45, 2.75) is 31.9 Å². The quantitative estimate of drug-likeness (QED) is 0.852. The minimum Gasteiger partial charge on any atom is -0.465 e. The van der Waals surface area contributed by atoms with E-state index in [9.17, 15) is 9.59 Å². The third-order valence-corrected chi connectivity index (χ3v) is 3.43. The van der Waals surface area contributed by atoms with E-state index in [2.05, 4.69) is 10.1 Å². The van der Waals surface area contributed by atoms with Crippen molar-refractivity contribution in [1.82, 2.24) is 5.32 Å². The summed E-state index contributed by atoms with van der Waals surface area (Å²) in [5, 5.41) is 2.91. The molecule has 0 spiro atoms. The highest BCUT2D eigenvalue weighted by molar-refractivity contribution is 5.98. The Hall–Kier alpha value is -1.88. The highest BCUT2D eigenvalue weighted by Gasteiger charge is 2.24. The van der Waals surface area contributed by atoms with Gasteiger partial charge < -0.3 is 14.8 Å². The largest absolute Gasteiger partial charge is 0.465 e. The molecule has 1 aromatic carbocycles. The van der Waals surface area contributed by atoms with Crippen LogP contribution in [0.4, 0.5) is 0 Å². The van der Waals surface area contributed by atoms with Gasteiger partial charge in [-0.3, -0.25) is 4.79 Å². The van der Waals surface area contributed by atoms with Crippen LogP contribution in [0.5, 0.6) is 0 Å². The van der Waals surface area contributed by atoms with Crippen molar-refractivity contribution in [3.8, 4) is 0 Å². The SMILES string of the molecule is COC(=O)c1cccc(C(=O)N[C@H](C)[C@H]2CCCO2)c1. The van der Waals surface area contributed by atoms with Gasteiger partial charge in [-0.15, -0.1) is 0 Å². The zero-order valence-electron chi connectivity index (χ0n) is 11.7. The summed E-state index contributed by atoms with van der Waals surface area (Å²) in [6.45, 7) is 2.68. The van der Waals surface area contributed by atoms with Crippen molar-refractivity contribution >= 4 is 11.9 Å². The average molecular weight is 277 g/mol. The van der Waals surface area contributed by atoms with E-state index in [1.807, 2.05) is 6.92 Å². The number of esters is 1. The number of carbonyl (C=O) groups excluding carboxylic acids is 2. The molecule has 2 atom stereocenters. The molecule has 1 aliphatic rings. The van der Waals surface area contributed by atoms with Gasteiger partial charge in [-0.25, -0.2) is 4.79 Å². The van der Waals surface area contributed by atoms with Gasteiger partial charge in [0.25, 0.3) is 5.91 Å². The monoisotopic (exact) mass is 277 g/mol. The maximum absolute atomic E-state index is 12.2. The summed E-state index contributed by atoms with van der Waals surface area (Å²) in [5.74, 6) is -0.662. The van der Waals surface area contributed by atoms with Crippen LogP contribution in [0.1, 0.15) is 40.5 Å². The topological polar surface area (TPSA) is 64.6 Å². The van der Waals surface area contributed by atoms with Crippen molar-refractivity contribution < 1.29 is 19.1 Å². The lowest BCUT2D eigenvalue weighted by molar-refractivity contribution is 0.0600. The molecular formula is C15H19NO4. The van der Waals surface area contributed by atoms with E-state index in [1.165, 1.54) is 13.2 Å². The molecule has 1 fully saturated rings. The highest BCUT2D eigenvalue weighted by atomic mass is 16.5. The van der Waals surface area contributed by atoms with E-state index in [0.717, 1.165) is 19.4 Å². The molecule has 20 heavy (non-hydrogen) atoms. The maximum Gasteiger partial charge on any atom is 0.337 e. The van der Waals surface area contributed by atoms with Crippen molar-refractivity contribution in [1.29, 1.82) is 0 Å². The van der Waals surface area contributed by atoms with Gasteiger partial charge in [-0.1, -0.05) is 6.07 Å². The number of ether oxygens (including phenoxy) is 2. The van der Waals surface area contributed by atoms with Crippen LogP contribution in [0, 0.1) is 0 Å². The second kappa shape index (κ2) is 6.52. The fourth-order valence-electron chi connectivity index (χ4n) is 2.29. The van der Waals surface area contributed by atoms with E-state index in [4.69, 9.17) is 4.74 Å². The minimum atomic E-state index is -0.452. The molecule has 1 N–H and O–H groups in total. The molecule has 1 heterocycles. The van der Waals surface area contributed by atoms with Crippen molar-refractivity contribution in [3.63, 3.8) is 0 Å². The minimum absolute atomic E-state index is 0.0493. The van der Waals surface area contributed by atoms with Crippen LogP contribution in [-0.4, -0.2) is 37.7 Å². The summed E-state index contributed by atoms with van der Waals surface area (Å²) in [7, 11) is 1.31. The zero-order chi connectivity index (χ0) is 14.5. The van der Waals surface area contributed by atoms with Crippen LogP contribution in [0.15, 0.2) is 24.3 Å². The molecule has 0 bridgehead atoms. The summed E-state index contributed by atoms with van der Waals surface area (Å²) < 4.78 is 10.2. The van der Waals surface area contributed by atoms with Crippen molar-refractivity contribution in [2.75, 3.05) is 13.7 Å². The number of hydrogen-bond donors (Lipinski definition) is 1. The molecule has 0 saturated carbocycles. The van der Waals surface area contributed by atoms with Crippen LogP contribution in [0.3, 0.4) is 0 Å².